The van der Waals surface area contributed by atoms with Crippen LogP contribution in [0.1, 0.15) is 30.5 Å². The Morgan fingerprint density at radius 1 is 1.00 bits per heavy atom. The number of nitrogens with one attached hydrogen (secondary N) is 2. The van der Waals surface area contributed by atoms with Gasteiger partial charge in [-0.3, -0.25) is 0 Å². The number of hydrogen-bond donors (Lipinski definition) is 4. The van der Waals surface area contributed by atoms with E-state index >= 15 is 0 Å². The lowest BCUT2D eigenvalue weighted by Gasteiger charge is -2.19. The zero-order valence-corrected chi connectivity index (χ0v) is 19.2. The Labute approximate surface area is 181 Å². The van der Waals surface area contributed by atoms with Crippen molar-refractivity contribution < 1.29 is 0 Å². The molecule has 152 valence electrons. The highest BCUT2D eigenvalue weighted by atomic mass is 32.1. The molecule has 0 saturated heterocycles. The normalized spacial score (nSPS) is 11.8. The molecule has 0 aliphatic carbocycles. The summed E-state index contributed by atoms with van der Waals surface area (Å²) >= 11 is 8.90. The lowest BCUT2D eigenvalue weighted by Crippen LogP contribution is -2.30. The second-order valence-corrected chi connectivity index (χ2v) is 9.46. The van der Waals surface area contributed by atoms with E-state index in [9.17, 15) is 0 Å². The third-order valence-corrected chi connectivity index (χ3v) is 4.69. The van der Waals surface area contributed by atoms with E-state index in [1.807, 2.05) is 0 Å². The van der Waals surface area contributed by atoms with Gasteiger partial charge in [-0.1, -0.05) is 30.4 Å². The van der Waals surface area contributed by atoms with Gasteiger partial charge >= 0.3 is 0 Å². The minimum Gasteiger partial charge on any atom is -0.384 e. The first-order chi connectivity index (χ1) is 13.3. The molecule has 0 aromatic heterocycles. The zero-order chi connectivity index (χ0) is 20.6. The van der Waals surface area contributed by atoms with Crippen molar-refractivity contribution in [2.75, 3.05) is 43.2 Å². The van der Waals surface area contributed by atoms with Crippen molar-refractivity contribution in [1.29, 1.82) is 0 Å². The maximum absolute atomic E-state index is 4.59. The fourth-order valence-corrected chi connectivity index (χ4v) is 3.03. The summed E-state index contributed by atoms with van der Waals surface area (Å²) in [7, 11) is 4.11. The van der Waals surface area contributed by atoms with Crippen molar-refractivity contribution in [1.82, 2.24) is 5.32 Å². The lowest BCUT2D eigenvalue weighted by molar-refractivity contribution is 0.594. The molecule has 0 spiro atoms. The average Bonchev–Trinajstić information content (AvgIpc) is 2.65. The largest absolute Gasteiger partial charge is 0.384 e. The molecule has 0 fully saturated rings. The van der Waals surface area contributed by atoms with Gasteiger partial charge in [-0.2, -0.15) is 25.3 Å². The Morgan fingerprint density at radius 2 is 1.64 bits per heavy atom. The van der Waals surface area contributed by atoms with Crippen LogP contribution in [-0.4, -0.2) is 37.7 Å². The molecule has 0 aliphatic heterocycles. The number of hydrogen-bond acceptors (Lipinski definition) is 5. The van der Waals surface area contributed by atoms with Crippen LogP contribution in [0, 0.1) is 0 Å². The number of anilines is 2. The van der Waals surface area contributed by atoms with Crippen molar-refractivity contribution in [3.63, 3.8) is 0 Å². The lowest BCUT2D eigenvalue weighted by atomic mass is 10.1. The molecule has 0 radical (unpaired) electrons. The third-order valence-electron chi connectivity index (χ3n) is 4.31. The molecule has 0 unspecified atom stereocenters. The van der Waals surface area contributed by atoms with Gasteiger partial charge in [-0.05, 0) is 54.8 Å². The van der Waals surface area contributed by atoms with E-state index in [-0.39, 0.29) is 4.75 Å². The Balaban J connectivity index is 2.13. The van der Waals surface area contributed by atoms with Gasteiger partial charge in [-0.25, -0.2) is 0 Å². The molecule has 0 saturated carbocycles. The van der Waals surface area contributed by atoms with Crippen LogP contribution >= 0.6 is 25.3 Å². The van der Waals surface area contributed by atoms with Crippen molar-refractivity contribution in [3.8, 4) is 0 Å². The first kappa shape index (κ1) is 22.7. The maximum Gasteiger partial charge on any atom is 0.0386 e. The van der Waals surface area contributed by atoms with Crippen LogP contribution in [-0.2, 0) is 6.54 Å². The van der Waals surface area contributed by atoms with Gasteiger partial charge in [0.15, 0.2) is 0 Å². The summed E-state index contributed by atoms with van der Waals surface area (Å²) in [6, 6.07) is 15.1. The highest BCUT2D eigenvalue weighted by molar-refractivity contribution is 7.81. The van der Waals surface area contributed by atoms with E-state index in [2.05, 4.69) is 123 Å². The van der Waals surface area contributed by atoms with Gasteiger partial charge in [0, 0.05) is 55.6 Å². The summed E-state index contributed by atoms with van der Waals surface area (Å²) < 4.78 is -0.0328. The van der Waals surface area contributed by atoms with Gasteiger partial charge in [0.25, 0.3) is 0 Å². The minimum atomic E-state index is -0.0328. The van der Waals surface area contributed by atoms with Crippen LogP contribution in [0.5, 0.6) is 0 Å². The molecular formula is C23H33N3S2. The highest BCUT2D eigenvalue weighted by Gasteiger charge is 2.11. The second-order valence-electron chi connectivity index (χ2n) is 7.80. The molecule has 2 N–H and O–H groups in total. The molecule has 0 heterocycles. The molecular weight excluding hydrogens is 382 g/mol. The smallest absolute Gasteiger partial charge is 0.0386 e. The van der Waals surface area contributed by atoms with Crippen LogP contribution in [0.25, 0.3) is 12.2 Å². The topological polar surface area (TPSA) is 27.3 Å². The first-order valence-corrected chi connectivity index (χ1v) is 10.7. The zero-order valence-electron chi connectivity index (χ0n) is 17.4. The summed E-state index contributed by atoms with van der Waals surface area (Å²) in [5.41, 5.74) is 6.00. The van der Waals surface area contributed by atoms with Gasteiger partial charge in [0.05, 0.1) is 0 Å². The van der Waals surface area contributed by atoms with Gasteiger partial charge < -0.3 is 15.5 Å². The second kappa shape index (κ2) is 10.8. The molecule has 0 amide bonds. The Hall–Kier alpha value is -1.56. The summed E-state index contributed by atoms with van der Waals surface area (Å²) in [5.74, 6) is 0.807. The quantitative estimate of drug-likeness (QED) is 0.323. The predicted molar refractivity (Wildman–Crippen MR) is 133 cm³/mol. The highest BCUT2D eigenvalue weighted by Crippen LogP contribution is 2.21. The van der Waals surface area contributed by atoms with Crippen LogP contribution in [0.15, 0.2) is 42.5 Å². The average molecular weight is 416 g/mol. The van der Waals surface area contributed by atoms with Crippen LogP contribution in [0.3, 0.4) is 0 Å². The van der Waals surface area contributed by atoms with Crippen molar-refractivity contribution in [2.45, 2.75) is 25.1 Å². The van der Waals surface area contributed by atoms with E-state index in [0.717, 1.165) is 31.1 Å². The van der Waals surface area contributed by atoms with Gasteiger partial charge in [0.1, 0.15) is 0 Å². The van der Waals surface area contributed by atoms with Crippen LogP contribution in [0.4, 0.5) is 11.4 Å². The fourth-order valence-electron chi connectivity index (χ4n) is 2.81. The van der Waals surface area contributed by atoms with E-state index in [1.165, 1.54) is 22.4 Å². The SMILES string of the molecule is CN(C)c1ccc(/C=C/c2ccc(NCCS)c(CNCC(C)(C)S)c2)cc1. The maximum atomic E-state index is 4.59. The molecule has 2 aromatic rings. The van der Waals surface area contributed by atoms with E-state index in [4.69, 9.17) is 0 Å². The number of benzene rings is 2. The monoisotopic (exact) mass is 415 g/mol. The molecule has 5 heteroatoms. The molecule has 0 bridgehead atoms. The number of nitrogens with zero attached hydrogens (tertiary/aromatic N) is 1. The van der Waals surface area contributed by atoms with Crippen LogP contribution in [0.2, 0.25) is 0 Å². The van der Waals surface area contributed by atoms with E-state index < -0.39 is 0 Å². The van der Waals surface area contributed by atoms with Crippen molar-refractivity contribution >= 4 is 48.8 Å². The summed E-state index contributed by atoms with van der Waals surface area (Å²) in [5, 5.41) is 6.98. The summed E-state index contributed by atoms with van der Waals surface area (Å²) in [6.07, 6.45) is 4.32. The van der Waals surface area contributed by atoms with Crippen molar-refractivity contribution in [3.05, 3.63) is 59.2 Å². The van der Waals surface area contributed by atoms with Crippen molar-refractivity contribution in [2.24, 2.45) is 0 Å². The third kappa shape index (κ3) is 7.82. The first-order valence-electron chi connectivity index (χ1n) is 9.65. The number of thiol groups is 2. The molecule has 28 heavy (non-hydrogen) atoms. The standard InChI is InChI=1S/C23H33N3S2/c1-23(2,28)17-24-16-20-15-19(9-12-22(20)25-13-14-27)6-5-18-7-10-21(11-8-18)26(3)4/h5-12,15,24-25,27-28H,13-14,16-17H2,1-4H3/b6-5+. The molecule has 0 aliphatic rings. The van der Waals surface area contributed by atoms with E-state index in [1.54, 1.807) is 0 Å². The Bertz CT molecular complexity index is 762. The molecule has 0 atom stereocenters. The van der Waals surface area contributed by atoms with E-state index in [0.29, 0.717) is 0 Å². The molecule has 2 aromatic carbocycles. The Morgan fingerprint density at radius 3 is 2.25 bits per heavy atom. The fraction of sp³-hybridized carbons (Fsp3) is 0.391. The minimum absolute atomic E-state index is 0.0328. The summed E-state index contributed by atoms with van der Waals surface area (Å²) in [4.78, 5) is 2.11. The van der Waals surface area contributed by atoms with Crippen LogP contribution < -0.4 is 15.5 Å². The Kier molecular flexibility index (Phi) is 8.80. The van der Waals surface area contributed by atoms with Gasteiger partial charge in [0.2, 0.25) is 0 Å². The molecule has 3 nitrogen and oxygen atoms in total. The number of rotatable bonds is 10. The summed E-state index contributed by atoms with van der Waals surface area (Å²) in [6.45, 7) is 6.73. The predicted octanol–water partition coefficient (Wildman–Crippen LogP) is 5.06. The van der Waals surface area contributed by atoms with Gasteiger partial charge in [-0.15, -0.1) is 0 Å². The molecule has 2 rings (SSSR count).